The second-order valence-corrected chi connectivity index (χ2v) is 3.99. The largest absolute Gasteiger partial charge is 0.495 e. The van der Waals surface area contributed by atoms with Crippen LogP contribution in [0, 0.1) is 5.82 Å². The van der Waals surface area contributed by atoms with Gasteiger partial charge in [0, 0.05) is 5.56 Å². The SMILES string of the molecule is COc1ccccc1NC(=O)C(=O)c1ccc(F)cc1. The number of hydrogen-bond donors (Lipinski definition) is 1. The highest BCUT2D eigenvalue weighted by Crippen LogP contribution is 2.23. The summed E-state index contributed by atoms with van der Waals surface area (Å²) in [5.41, 5.74) is 0.522. The Kier molecular flexibility index (Phi) is 4.10. The normalized spacial score (nSPS) is 9.90. The summed E-state index contributed by atoms with van der Waals surface area (Å²) in [5.74, 6) is -1.56. The fraction of sp³-hybridized carbons (Fsp3) is 0.0667. The van der Waals surface area contributed by atoms with Gasteiger partial charge in [-0.3, -0.25) is 9.59 Å². The maximum Gasteiger partial charge on any atom is 0.296 e. The average Bonchev–Trinajstić information content (AvgIpc) is 2.48. The van der Waals surface area contributed by atoms with E-state index in [0.717, 1.165) is 12.1 Å². The zero-order chi connectivity index (χ0) is 14.5. The molecule has 0 fully saturated rings. The molecular formula is C15H12FNO3. The molecule has 0 radical (unpaired) electrons. The molecule has 20 heavy (non-hydrogen) atoms. The van der Waals surface area contributed by atoms with E-state index in [4.69, 9.17) is 4.74 Å². The minimum Gasteiger partial charge on any atom is -0.495 e. The molecule has 2 rings (SSSR count). The topological polar surface area (TPSA) is 55.4 Å². The molecule has 2 aromatic rings. The van der Waals surface area contributed by atoms with Crippen LogP contribution in [0.4, 0.5) is 10.1 Å². The molecule has 0 aliphatic heterocycles. The number of carbonyl (C=O) groups excluding carboxylic acids is 2. The van der Waals surface area contributed by atoms with Crippen LogP contribution in [0.25, 0.3) is 0 Å². The third-order valence-corrected chi connectivity index (χ3v) is 2.67. The van der Waals surface area contributed by atoms with Crippen LogP contribution in [0.2, 0.25) is 0 Å². The molecule has 0 atom stereocenters. The number of halogens is 1. The van der Waals surface area contributed by atoms with Crippen molar-refractivity contribution in [2.24, 2.45) is 0 Å². The van der Waals surface area contributed by atoms with Gasteiger partial charge in [-0.05, 0) is 36.4 Å². The van der Waals surface area contributed by atoms with Gasteiger partial charge in [0.15, 0.2) is 0 Å². The van der Waals surface area contributed by atoms with E-state index in [1.165, 1.54) is 19.2 Å². The molecule has 0 aliphatic rings. The maximum atomic E-state index is 12.8. The van der Waals surface area contributed by atoms with E-state index >= 15 is 0 Å². The predicted octanol–water partition coefficient (Wildman–Crippen LogP) is 2.66. The van der Waals surface area contributed by atoms with Crippen molar-refractivity contribution in [3.05, 3.63) is 59.9 Å². The Labute approximate surface area is 115 Å². The van der Waals surface area contributed by atoms with Gasteiger partial charge in [0.1, 0.15) is 11.6 Å². The molecule has 0 saturated carbocycles. The molecule has 0 aliphatic carbocycles. The highest BCUT2D eigenvalue weighted by Gasteiger charge is 2.17. The third-order valence-electron chi connectivity index (χ3n) is 2.67. The number of anilines is 1. The molecule has 0 heterocycles. The molecule has 0 spiro atoms. The number of rotatable bonds is 4. The van der Waals surface area contributed by atoms with Crippen LogP contribution in [0.15, 0.2) is 48.5 Å². The Bertz CT molecular complexity index is 638. The van der Waals surface area contributed by atoms with E-state index in [9.17, 15) is 14.0 Å². The first-order valence-electron chi connectivity index (χ1n) is 5.86. The van der Waals surface area contributed by atoms with Crippen molar-refractivity contribution in [1.82, 2.24) is 0 Å². The minimum atomic E-state index is -0.805. The van der Waals surface area contributed by atoms with Crippen LogP contribution < -0.4 is 10.1 Å². The number of para-hydroxylation sites is 2. The Hall–Kier alpha value is -2.69. The Morgan fingerprint density at radius 2 is 1.70 bits per heavy atom. The molecule has 1 N–H and O–H groups in total. The first-order chi connectivity index (χ1) is 9.61. The monoisotopic (exact) mass is 273 g/mol. The summed E-state index contributed by atoms with van der Waals surface area (Å²) in [4.78, 5) is 23.7. The molecule has 0 unspecified atom stereocenters. The molecule has 0 saturated heterocycles. The lowest BCUT2D eigenvalue weighted by Gasteiger charge is -2.09. The van der Waals surface area contributed by atoms with Crippen LogP contribution in [-0.2, 0) is 4.79 Å². The van der Waals surface area contributed by atoms with Crippen LogP contribution >= 0.6 is 0 Å². The van der Waals surface area contributed by atoms with E-state index in [2.05, 4.69) is 5.32 Å². The Morgan fingerprint density at radius 1 is 1.05 bits per heavy atom. The van der Waals surface area contributed by atoms with Crippen molar-refractivity contribution in [2.75, 3.05) is 12.4 Å². The zero-order valence-corrected chi connectivity index (χ0v) is 10.7. The maximum absolute atomic E-state index is 12.8. The highest BCUT2D eigenvalue weighted by molar-refractivity contribution is 6.46. The van der Waals surface area contributed by atoms with Gasteiger partial charge in [-0.15, -0.1) is 0 Å². The Morgan fingerprint density at radius 3 is 2.35 bits per heavy atom. The molecule has 0 aromatic heterocycles. The number of ketones is 1. The number of methoxy groups -OCH3 is 1. The molecule has 2 aromatic carbocycles. The van der Waals surface area contributed by atoms with Gasteiger partial charge < -0.3 is 10.1 Å². The fourth-order valence-corrected chi connectivity index (χ4v) is 1.66. The van der Waals surface area contributed by atoms with Crippen LogP contribution in [0.3, 0.4) is 0 Å². The van der Waals surface area contributed by atoms with E-state index in [1.54, 1.807) is 24.3 Å². The van der Waals surface area contributed by atoms with Crippen molar-refractivity contribution in [1.29, 1.82) is 0 Å². The van der Waals surface area contributed by atoms with Crippen LogP contribution in [0.1, 0.15) is 10.4 Å². The summed E-state index contributed by atoms with van der Waals surface area (Å²) < 4.78 is 17.8. The first kappa shape index (κ1) is 13.7. The molecular weight excluding hydrogens is 261 g/mol. The summed E-state index contributed by atoms with van der Waals surface area (Å²) in [7, 11) is 1.47. The lowest BCUT2D eigenvalue weighted by molar-refractivity contribution is -0.112. The molecule has 102 valence electrons. The first-order valence-corrected chi connectivity index (χ1v) is 5.86. The van der Waals surface area contributed by atoms with Gasteiger partial charge in [0.05, 0.1) is 12.8 Å². The Balaban J connectivity index is 2.15. The zero-order valence-electron chi connectivity index (χ0n) is 10.7. The number of Topliss-reactive ketones (excluding diaryl/α,β-unsaturated/α-hetero) is 1. The third kappa shape index (κ3) is 3.00. The van der Waals surface area contributed by atoms with Gasteiger partial charge >= 0.3 is 0 Å². The van der Waals surface area contributed by atoms with Crippen LogP contribution in [-0.4, -0.2) is 18.8 Å². The summed E-state index contributed by atoms with van der Waals surface area (Å²) in [5, 5.41) is 2.47. The second kappa shape index (κ2) is 5.97. The van der Waals surface area contributed by atoms with Gasteiger partial charge in [0.25, 0.3) is 11.7 Å². The van der Waals surface area contributed by atoms with Gasteiger partial charge in [-0.25, -0.2) is 4.39 Å². The summed E-state index contributed by atoms with van der Waals surface area (Å²) in [6, 6.07) is 11.5. The number of ether oxygens (including phenoxy) is 1. The standard InChI is InChI=1S/C15H12FNO3/c1-20-13-5-3-2-4-12(13)17-15(19)14(18)10-6-8-11(16)9-7-10/h2-9H,1H3,(H,17,19). The van der Waals surface area contributed by atoms with E-state index < -0.39 is 17.5 Å². The van der Waals surface area contributed by atoms with Crippen molar-refractivity contribution in [3.63, 3.8) is 0 Å². The molecule has 4 nitrogen and oxygen atoms in total. The van der Waals surface area contributed by atoms with Crippen LogP contribution in [0.5, 0.6) is 5.75 Å². The summed E-state index contributed by atoms with van der Waals surface area (Å²) >= 11 is 0. The minimum absolute atomic E-state index is 0.124. The number of hydrogen-bond acceptors (Lipinski definition) is 3. The number of nitrogens with one attached hydrogen (secondary N) is 1. The van der Waals surface area contributed by atoms with E-state index in [1.807, 2.05) is 0 Å². The number of amides is 1. The van der Waals surface area contributed by atoms with Gasteiger partial charge in [-0.1, -0.05) is 12.1 Å². The van der Waals surface area contributed by atoms with Gasteiger partial charge in [-0.2, -0.15) is 0 Å². The lowest BCUT2D eigenvalue weighted by Crippen LogP contribution is -2.23. The summed E-state index contributed by atoms with van der Waals surface area (Å²) in [6.07, 6.45) is 0. The van der Waals surface area contributed by atoms with E-state index in [0.29, 0.717) is 11.4 Å². The molecule has 1 amide bonds. The van der Waals surface area contributed by atoms with Crippen molar-refractivity contribution in [2.45, 2.75) is 0 Å². The van der Waals surface area contributed by atoms with Crippen molar-refractivity contribution in [3.8, 4) is 5.75 Å². The van der Waals surface area contributed by atoms with Gasteiger partial charge in [0.2, 0.25) is 0 Å². The quantitative estimate of drug-likeness (QED) is 0.688. The molecule has 5 heteroatoms. The van der Waals surface area contributed by atoms with Crippen molar-refractivity contribution >= 4 is 17.4 Å². The highest BCUT2D eigenvalue weighted by atomic mass is 19.1. The smallest absolute Gasteiger partial charge is 0.296 e. The number of benzene rings is 2. The number of carbonyl (C=O) groups is 2. The van der Waals surface area contributed by atoms with Crippen molar-refractivity contribution < 1.29 is 18.7 Å². The fourth-order valence-electron chi connectivity index (χ4n) is 1.66. The predicted molar refractivity (Wildman–Crippen MR) is 72.4 cm³/mol. The van der Waals surface area contributed by atoms with E-state index in [-0.39, 0.29) is 5.56 Å². The lowest BCUT2D eigenvalue weighted by atomic mass is 10.1. The second-order valence-electron chi connectivity index (χ2n) is 3.99. The summed E-state index contributed by atoms with van der Waals surface area (Å²) in [6.45, 7) is 0. The molecule has 0 bridgehead atoms. The average molecular weight is 273 g/mol.